The van der Waals surface area contributed by atoms with Crippen LogP contribution in [-0.2, 0) is 30.4 Å². The van der Waals surface area contributed by atoms with E-state index in [-0.39, 0.29) is 35.8 Å². The Labute approximate surface area is 260 Å². The topological polar surface area (TPSA) is 109 Å². The number of ether oxygens (including phenoxy) is 2. The van der Waals surface area contributed by atoms with Gasteiger partial charge in [0.15, 0.2) is 5.78 Å². The lowest BCUT2D eigenvalue weighted by molar-refractivity contribution is -0.126. The Morgan fingerprint density at radius 2 is 1.86 bits per heavy atom. The molecule has 3 aliphatic rings. The van der Waals surface area contributed by atoms with E-state index in [1.807, 2.05) is 12.1 Å². The molecule has 0 spiro atoms. The zero-order chi connectivity index (χ0) is 31.6. The van der Waals surface area contributed by atoms with Crippen molar-refractivity contribution in [2.75, 3.05) is 19.5 Å². The van der Waals surface area contributed by atoms with E-state index >= 15 is 4.39 Å². The highest BCUT2D eigenvalue weighted by atomic mass is 32.2. The average Bonchev–Trinajstić information content (AvgIpc) is 3.60. The van der Waals surface area contributed by atoms with Gasteiger partial charge >= 0.3 is 6.09 Å². The Kier molecular flexibility index (Phi) is 9.47. The fourth-order valence-electron chi connectivity index (χ4n) is 6.80. The molecule has 236 valence electrons. The molecular formula is C34H42FN3O5S. The van der Waals surface area contributed by atoms with Crippen molar-refractivity contribution in [1.29, 1.82) is 5.26 Å². The summed E-state index contributed by atoms with van der Waals surface area (Å²) in [6, 6.07) is 13.7. The third-order valence-corrected chi connectivity index (χ3v) is 11.2. The van der Waals surface area contributed by atoms with Gasteiger partial charge in [-0.1, -0.05) is 24.3 Å². The minimum absolute atomic E-state index is 0.0220. The SMILES string of the molecule is CC(C)(C)OC(=O)N1[C@@H]2CC[C@@H](C2)[C@H]1C(=O)C[C@H](C#N)Cc1ccc(-c2cccc(N=S(C)(=O)C3CCOCC3)c2)cc1F. The number of hydrogen-bond donors (Lipinski definition) is 0. The van der Waals surface area contributed by atoms with Crippen LogP contribution in [0.4, 0.5) is 14.9 Å². The van der Waals surface area contributed by atoms with Crippen LogP contribution in [0.3, 0.4) is 0 Å². The Morgan fingerprint density at radius 1 is 1.14 bits per heavy atom. The minimum Gasteiger partial charge on any atom is -0.444 e. The van der Waals surface area contributed by atoms with Crippen molar-refractivity contribution < 1.29 is 27.7 Å². The number of fused-ring (bicyclic) bond motifs is 2. The number of Topliss-reactive ketones (excluding diaryl/α,β-unsaturated/α-hetero) is 1. The van der Waals surface area contributed by atoms with Gasteiger partial charge in [0.25, 0.3) is 0 Å². The Hall–Kier alpha value is -3.29. The van der Waals surface area contributed by atoms with E-state index < -0.39 is 39.2 Å². The summed E-state index contributed by atoms with van der Waals surface area (Å²) in [5.74, 6) is -1.29. The van der Waals surface area contributed by atoms with Crippen molar-refractivity contribution in [3.8, 4) is 17.2 Å². The van der Waals surface area contributed by atoms with Crippen LogP contribution in [0, 0.1) is 29.0 Å². The molecule has 10 heteroatoms. The van der Waals surface area contributed by atoms with Crippen molar-refractivity contribution in [3.63, 3.8) is 0 Å². The summed E-state index contributed by atoms with van der Waals surface area (Å²) >= 11 is 0. The van der Waals surface area contributed by atoms with Crippen molar-refractivity contribution >= 4 is 27.3 Å². The van der Waals surface area contributed by atoms with E-state index in [4.69, 9.17) is 9.47 Å². The minimum atomic E-state index is -2.47. The van der Waals surface area contributed by atoms with E-state index in [9.17, 15) is 19.1 Å². The largest absolute Gasteiger partial charge is 0.444 e. The Morgan fingerprint density at radius 3 is 2.55 bits per heavy atom. The molecule has 5 rings (SSSR count). The summed E-state index contributed by atoms with van der Waals surface area (Å²) in [6.07, 6.45) is 5.13. The molecule has 2 aromatic carbocycles. The van der Waals surface area contributed by atoms with Crippen LogP contribution >= 0.6 is 0 Å². The lowest BCUT2D eigenvalue weighted by Crippen LogP contribution is -2.51. The number of rotatable bonds is 8. The number of nitrogens with zero attached hydrogens (tertiary/aromatic N) is 3. The molecule has 0 N–H and O–H groups in total. The molecule has 3 fully saturated rings. The van der Waals surface area contributed by atoms with Crippen LogP contribution in [0.1, 0.15) is 64.9 Å². The lowest BCUT2D eigenvalue weighted by Gasteiger charge is -2.35. The molecule has 2 heterocycles. The third kappa shape index (κ3) is 7.32. The molecule has 44 heavy (non-hydrogen) atoms. The van der Waals surface area contributed by atoms with Crippen molar-refractivity contribution in [2.45, 2.75) is 88.7 Å². The fourth-order valence-corrected chi connectivity index (χ4v) is 8.55. The van der Waals surface area contributed by atoms with Gasteiger partial charge in [-0.25, -0.2) is 13.4 Å². The molecule has 0 aromatic heterocycles. The zero-order valence-corrected chi connectivity index (χ0v) is 26.8. The Balaban J connectivity index is 1.27. The van der Waals surface area contributed by atoms with Crippen molar-refractivity contribution in [1.82, 2.24) is 4.90 Å². The highest BCUT2D eigenvalue weighted by molar-refractivity contribution is 7.93. The number of carbonyl (C=O) groups is 2. The molecular weight excluding hydrogens is 581 g/mol. The maximum Gasteiger partial charge on any atom is 0.411 e. The van der Waals surface area contributed by atoms with Crippen LogP contribution in [-0.4, -0.2) is 63.4 Å². The summed E-state index contributed by atoms with van der Waals surface area (Å²) < 4.78 is 44.3. The summed E-state index contributed by atoms with van der Waals surface area (Å²) in [5.41, 5.74) is 1.63. The average molecular weight is 624 g/mol. The number of piperidine rings is 1. The van der Waals surface area contributed by atoms with E-state index in [0.29, 0.717) is 42.9 Å². The van der Waals surface area contributed by atoms with Crippen molar-refractivity contribution in [2.24, 2.45) is 16.2 Å². The standard InChI is InChI=1S/C34H42FN3O5S/c1-34(2,3)43-33(40)38-28-11-10-26(19-28)32(38)31(39)17-22(21-36)16-25-9-8-24(20-30(25)35)23-6-5-7-27(18-23)37-44(4,41)29-12-14-42-15-13-29/h5-9,18,20,22,26,28-29,32H,10-17,19H2,1-4H3/t22-,26+,28-,32+,44?/m1/s1. The van der Waals surface area contributed by atoms with E-state index in [1.165, 1.54) is 6.07 Å². The zero-order valence-electron chi connectivity index (χ0n) is 26.0. The Bertz CT molecular complexity index is 1570. The predicted molar refractivity (Wildman–Crippen MR) is 167 cm³/mol. The van der Waals surface area contributed by atoms with Gasteiger partial charge in [0, 0.05) is 37.2 Å². The maximum atomic E-state index is 15.4. The number of ketones is 1. The molecule has 8 nitrogen and oxygen atoms in total. The van der Waals surface area contributed by atoms with Crippen LogP contribution in [0.25, 0.3) is 11.1 Å². The lowest BCUT2D eigenvalue weighted by atomic mass is 9.87. The quantitative estimate of drug-likeness (QED) is 0.319. The first-order chi connectivity index (χ1) is 20.8. The number of halogens is 1. The van der Waals surface area contributed by atoms with E-state index in [1.54, 1.807) is 56.2 Å². The number of carbonyl (C=O) groups excluding carboxylic acids is 2. The molecule has 1 unspecified atom stereocenters. The van der Waals surface area contributed by atoms with Crippen LogP contribution < -0.4 is 0 Å². The molecule has 5 atom stereocenters. The van der Waals surface area contributed by atoms with Gasteiger partial charge in [-0.3, -0.25) is 9.69 Å². The maximum absolute atomic E-state index is 15.4. The second kappa shape index (κ2) is 13.0. The second-order valence-electron chi connectivity index (χ2n) is 13.4. The number of benzene rings is 2. The van der Waals surface area contributed by atoms with E-state index in [2.05, 4.69) is 10.4 Å². The fraction of sp³-hybridized carbons (Fsp3) is 0.559. The normalized spacial score (nSPS) is 23.9. The number of nitriles is 1. The molecule has 2 saturated heterocycles. The first kappa shape index (κ1) is 32.1. The highest BCUT2D eigenvalue weighted by Gasteiger charge is 2.52. The smallest absolute Gasteiger partial charge is 0.411 e. The van der Waals surface area contributed by atoms with Crippen LogP contribution in [0.2, 0.25) is 0 Å². The van der Waals surface area contributed by atoms with Gasteiger partial charge in [-0.15, -0.1) is 0 Å². The third-order valence-electron chi connectivity index (χ3n) is 8.92. The van der Waals surface area contributed by atoms with Gasteiger partial charge in [0.1, 0.15) is 11.4 Å². The summed E-state index contributed by atoms with van der Waals surface area (Å²) in [5, 5.41) is 9.88. The van der Waals surface area contributed by atoms with Gasteiger partial charge in [-0.2, -0.15) is 9.62 Å². The summed E-state index contributed by atoms with van der Waals surface area (Å²) in [4.78, 5) is 28.1. The molecule has 1 saturated carbocycles. The first-order valence-electron chi connectivity index (χ1n) is 15.5. The monoisotopic (exact) mass is 623 g/mol. The molecule has 2 aliphatic heterocycles. The number of hydrogen-bond acceptors (Lipinski definition) is 7. The molecule has 1 aliphatic carbocycles. The van der Waals surface area contributed by atoms with Crippen LogP contribution in [0.5, 0.6) is 0 Å². The molecule has 2 bridgehead atoms. The summed E-state index contributed by atoms with van der Waals surface area (Å²) in [7, 11) is -2.47. The van der Waals surface area contributed by atoms with Gasteiger partial charge in [0.05, 0.1) is 33.4 Å². The van der Waals surface area contributed by atoms with Crippen molar-refractivity contribution in [3.05, 3.63) is 53.8 Å². The molecule has 0 radical (unpaired) electrons. The predicted octanol–water partition coefficient (Wildman–Crippen LogP) is 6.83. The van der Waals surface area contributed by atoms with Crippen LogP contribution in [0.15, 0.2) is 46.8 Å². The molecule has 2 aromatic rings. The van der Waals surface area contributed by atoms with Gasteiger partial charge in [0.2, 0.25) is 0 Å². The van der Waals surface area contributed by atoms with Gasteiger partial charge in [-0.05, 0) is 100 Å². The highest BCUT2D eigenvalue weighted by Crippen LogP contribution is 2.44. The van der Waals surface area contributed by atoms with Gasteiger partial charge < -0.3 is 9.47 Å². The summed E-state index contributed by atoms with van der Waals surface area (Å²) in [6.45, 7) is 6.56. The van der Waals surface area contributed by atoms with E-state index in [0.717, 1.165) is 24.8 Å². The first-order valence-corrected chi connectivity index (χ1v) is 17.4. The number of amides is 1. The second-order valence-corrected chi connectivity index (χ2v) is 16.0. The molecule has 1 amide bonds. The number of likely N-dealkylation sites (tertiary alicyclic amines) is 1.